The minimum atomic E-state index is 0.417. The van der Waals surface area contributed by atoms with Crippen LogP contribution in [0.25, 0.3) is 5.65 Å². The minimum Gasteiger partial charge on any atom is -0.492 e. The van der Waals surface area contributed by atoms with Crippen molar-refractivity contribution in [2.24, 2.45) is 17.3 Å². The summed E-state index contributed by atoms with van der Waals surface area (Å²) >= 11 is 3.56. The van der Waals surface area contributed by atoms with Gasteiger partial charge < -0.3 is 4.74 Å². The van der Waals surface area contributed by atoms with Crippen molar-refractivity contribution in [1.82, 2.24) is 14.6 Å². The maximum absolute atomic E-state index is 6.09. The van der Waals surface area contributed by atoms with Gasteiger partial charge in [0, 0.05) is 12.3 Å². The zero-order chi connectivity index (χ0) is 15.0. The highest BCUT2D eigenvalue weighted by molar-refractivity contribution is 9.10. The normalized spacial score (nSPS) is 25.1. The molecule has 2 atom stereocenters. The van der Waals surface area contributed by atoms with Crippen LogP contribution >= 0.6 is 15.9 Å². The molecular weight excluding hydrogens is 330 g/mol. The number of ether oxygens (including phenoxy) is 1. The van der Waals surface area contributed by atoms with E-state index >= 15 is 0 Å². The lowest BCUT2D eigenvalue weighted by Crippen LogP contribution is -2.35. The first-order chi connectivity index (χ1) is 9.97. The summed E-state index contributed by atoms with van der Waals surface area (Å²) in [6.45, 7) is 7.89. The zero-order valence-electron chi connectivity index (χ0n) is 12.8. The Morgan fingerprint density at radius 3 is 3.10 bits per heavy atom. The molecule has 2 aromatic rings. The summed E-state index contributed by atoms with van der Waals surface area (Å²) < 4.78 is 8.91. The summed E-state index contributed by atoms with van der Waals surface area (Å²) in [6.07, 6.45) is 7.51. The van der Waals surface area contributed by atoms with Gasteiger partial charge in [-0.25, -0.2) is 0 Å². The summed E-state index contributed by atoms with van der Waals surface area (Å²) in [5.74, 6) is 2.16. The Morgan fingerprint density at radius 2 is 2.29 bits per heavy atom. The van der Waals surface area contributed by atoms with Crippen LogP contribution in [-0.4, -0.2) is 21.2 Å². The molecule has 5 heteroatoms. The Labute approximate surface area is 134 Å². The van der Waals surface area contributed by atoms with Gasteiger partial charge in [-0.3, -0.25) is 4.40 Å². The first-order valence-electron chi connectivity index (χ1n) is 7.59. The molecular formula is C16H22BrN3O. The van der Waals surface area contributed by atoms with Crippen molar-refractivity contribution in [2.45, 2.75) is 40.0 Å². The number of aromatic nitrogens is 3. The van der Waals surface area contributed by atoms with Crippen LogP contribution in [0.3, 0.4) is 0 Å². The first kappa shape index (κ1) is 14.8. The molecule has 0 N–H and O–H groups in total. The highest BCUT2D eigenvalue weighted by atomic mass is 79.9. The van der Waals surface area contributed by atoms with Gasteiger partial charge in [-0.15, -0.1) is 10.2 Å². The molecule has 0 spiro atoms. The van der Waals surface area contributed by atoms with Crippen LogP contribution in [0.2, 0.25) is 0 Å². The van der Waals surface area contributed by atoms with E-state index < -0.39 is 0 Å². The Morgan fingerprint density at radius 1 is 1.48 bits per heavy atom. The monoisotopic (exact) mass is 351 g/mol. The molecule has 2 aromatic heterocycles. The molecule has 1 unspecified atom stereocenters. The topological polar surface area (TPSA) is 39.4 Å². The van der Waals surface area contributed by atoms with Crippen molar-refractivity contribution in [3.63, 3.8) is 0 Å². The third kappa shape index (κ3) is 2.93. The molecule has 1 fully saturated rings. The highest BCUT2D eigenvalue weighted by Crippen LogP contribution is 2.44. The average Bonchev–Trinajstić information content (AvgIpc) is 2.87. The third-order valence-electron chi connectivity index (χ3n) is 5.14. The number of hydrogen-bond donors (Lipinski definition) is 0. The van der Waals surface area contributed by atoms with Crippen LogP contribution in [0, 0.1) is 17.3 Å². The number of pyridine rings is 1. The van der Waals surface area contributed by atoms with Crippen LogP contribution in [-0.2, 0) is 0 Å². The van der Waals surface area contributed by atoms with Crippen molar-refractivity contribution in [1.29, 1.82) is 0 Å². The maximum Gasteiger partial charge on any atom is 0.164 e. The van der Waals surface area contributed by atoms with Gasteiger partial charge in [0.1, 0.15) is 12.1 Å². The standard InChI is InChI=1S/C16H22BrN3O/c1-11-12(5-4-6-16(11,2)3)9-21-14-7-15-19-18-10-20(15)8-13(14)17/h7-8,10-12H,4-6,9H2,1-3H3/t11?,12-/m1/s1. The summed E-state index contributed by atoms with van der Waals surface area (Å²) in [6, 6.07) is 1.94. The molecule has 3 rings (SSSR count). The Kier molecular flexibility index (Phi) is 3.95. The van der Waals surface area contributed by atoms with E-state index in [0.717, 1.165) is 22.5 Å². The van der Waals surface area contributed by atoms with E-state index in [4.69, 9.17) is 4.74 Å². The highest BCUT2D eigenvalue weighted by Gasteiger charge is 2.36. The molecule has 0 bridgehead atoms. The van der Waals surface area contributed by atoms with Gasteiger partial charge >= 0.3 is 0 Å². The van der Waals surface area contributed by atoms with Crippen molar-refractivity contribution >= 4 is 21.6 Å². The molecule has 0 amide bonds. The van der Waals surface area contributed by atoms with Crippen molar-refractivity contribution in [3.8, 4) is 5.75 Å². The first-order valence-corrected chi connectivity index (χ1v) is 8.38. The minimum absolute atomic E-state index is 0.417. The number of fused-ring (bicyclic) bond motifs is 1. The molecule has 21 heavy (non-hydrogen) atoms. The number of halogens is 1. The molecule has 0 radical (unpaired) electrons. The van der Waals surface area contributed by atoms with Gasteiger partial charge in [0.05, 0.1) is 11.1 Å². The number of hydrogen-bond acceptors (Lipinski definition) is 3. The molecule has 0 saturated heterocycles. The van der Waals surface area contributed by atoms with E-state index in [2.05, 4.69) is 46.9 Å². The fraction of sp³-hybridized carbons (Fsp3) is 0.625. The predicted molar refractivity (Wildman–Crippen MR) is 86.5 cm³/mol. The van der Waals surface area contributed by atoms with Crippen molar-refractivity contribution in [2.75, 3.05) is 6.61 Å². The smallest absolute Gasteiger partial charge is 0.164 e. The Hall–Kier alpha value is -1.10. The largest absolute Gasteiger partial charge is 0.492 e. The van der Waals surface area contributed by atoms with Crippen molar-refractivity contribution < 1.29 is 4.74 Å². The van der Waals surface area contributed by atoms with Gasteiger partial charge in [-0.05, 0) is 46.0 Å². The molecule has 114 valence electrons. The van der Waals surface area contributed by atoms with Gasteiger partial charge in [0.15, 0.2) is 5.65 Å². The van der Waals surface area contributed by atoms with E-state index in [9.17, 15) is 0 Å². The second-order valence-corrected chi connectivity index (χ2v) is 7.68. The van der Waals surface area contributed by atoms with Crippen LogP contribution in [0.1, 0.15) is 40.0 Å². The van der Waals surface area contributed by atoms with Crippen LogP contribution in [0.5, 0.6) is 5.75 Å². The second-order valence-electron chi connectivity index (χ2n) is 6.82. The summed E-state index contributed by atoms with van der Waals surface area (Å²) in [4.78, 5) is 0. The lowest BCUT2D eigenvalue weighted by molar-refractivity contribution is 0.0566. The fourth-order valence-electron chi connectivity index (χ4n) is 3.30. The van der Waals surface area contributed by atoms with Gasteiger partial charge in [-0.1, -0.05) is 27.2 Å². The molecule has 1 saturated carbocycles. The van der Waals surface area contributed by atoms with Crippen LogP contribution in [0.4, 0.5) is 0 Å². The Bertz CT molecular complexity index is 637. The van der Waals surface area contributed by atoms with E-state index in [0.29, 0.717) is 17.3 Å². The fourth-order valence-corrected chi connectivity index (χ4v) is 3.75. The SMILES string of the molecule is CC1[C@@H](COc2cc3nncn3cc2Br)CCCC1(C)C. The van der Waals surface area contributed by atoms with E-state index in [1.54, 1.807) is 6.33 Å². The molecule has 0 aliphatic heterocycles. The van der Waals surface area contributed by atoms with Crippen LogP contribution in [0.15, 0.2) is 23.1 Å². The third-order valence-corrected chi connectivity index (χ3v) is 5.73. The van der Waals surface area contributed by atoms with Crippen LogP contribution < -0.4 is 4.74 Å². The van der Waals surface area contributed by atoms with Gasteiger partial charge in [0.25, 0.3) is 0 Å². The summed E-state index contributed by atoms with van der Waals surface area (Å²) in [7, 11) is 0. The summed E-state index contributed by atoms with van der Waals surface area (Å²) in [5.41, 5.74) is 1.23. The van der Waals surface area contributed by atoms with Gasteiger partial charge in [0.2, 0.25) is 0 Å². The van der Waals surface area contributed by atoms with E-state index in [1.165, 1.54) is 19.3 Å². The van der Waals surface area contributed by atoms with E-state index in [-0.39, 0.29) is 0 Å². The Balaban J connectivity index is 1.72. The maximum atomic E-state index is 6.09. The molecule has 1 aliphatic carbocycles. The second kappa shape index (κ2) is 5.59. The molecule has 1 aliphatic rings. The van der Waals surface area contributed by atoms with Gasteiger partial charge in [-0.2, -0.15) is 0 Å². The summed E-state index contributed by atoms with van der Waals surface area (Å²) in [5, 5.41) is 7.97. The predicted octanol–water partition coefficient (Wildman–Crippen LogP) is 4.33. The quantitative estimate of drug-likeness (QED) is 0.825. The lowest BCUT2D eigenvalue weighted by Gasteiger charge is -2.42. The molecule has 2 heterocycles. The molecule has 4 nitrogen and oxygen atoms in total. The molecule has 0 aromatic carbocycles. The number of rotatable bonds is 3. The van der Waals surface area contributed by atoms with Crippen molar-refractivity contribution in [3.05, 3.63) is 23.1 Å². The zero-order valence-corrected chi connectivity index (χ0v) is 14.4. The lowest BCUT2D eigenvalue weighted by atomic mass is 9.65. The van der Waals surface area contributed by atoms with E-state index in [1.807, 2.05) is 16.7 Å². The average molecular weight is 352 g/mol. The number of nitrogens with zero attached hydrogens (tertiary/aromatic N) is 3.